The van der Waals surface area contributed by atoms with E-state index in [1.54, 1.807) is 30.0 Å². The van der Waals surface area contributed by atoms with Crippen molar-refractivity contribution in [3.05, 3.63) is 28.2 Å². The Morgan fingerprint density at radius 2 is 2.04 bits per heavy atom. The molecule has 1 unspecified atom stereocenters. The number of halogens is 2. The lowest BCUT2D eigenvalue weighted by Crippen LogP contribution is -2.48. The summed E-state index contributed by atoms with van der Waals surface area (Å²) in [6.45, 7) is 2.77. The lowest BCUT2D eigenvalue weighted by atomic mass is 10.2. The van der Waals surface area contributed by atoms with Crippen molar-refractivity contribution in [3.8, 4) is 0 Å². The number of carbonyl (C=O) groups excluding carboxylic acids is 3. The van der Waals surface area contributed by atoms with Gasteiger partial charge in [-0.25, -0.2) is 4.79 Å². The van der Waals surface area contributed by atoms with Crippen LogP contribution in [0.5, 0.6) is 0 Å². The van der Waals surface area contributed by atoms with Gasteiger partial charge in [0.1, 0.15) is 0 Å². The molecule has 1 aliphatic rings. The van der Waals surface area contributed by atoms with Crippen LogP contribution in [0.25, 0.3) is 0 Å². The van der Waals surface area contributed by atoms with E-state index in [0.29, 0.717) is 35.2 Å². The first-order valence-corrected chi connectivity index (χ1v) is 8.74. The number of amides is 4. The second-order valence-electron chi connectivity index (χ2n) is 5.65. The third kappa shape index (κ3) is 5.59. The van der Waals surface area contributed by atoms with Gasteiger partial charge in [-0.1, -0.05) is 23.2 Å². The largest absolute Gasteiger partial charge is 0.338 e. The summed E-state index contributed by atoms with van der Waals surface area (Å²) < 4.78 is 0. The maximum absolute atomic E-state index is 12.5. The van der Waals surface area contributed by atoms with Gasteiger partial charge in [0.25, 0.3) is 0 Å². The van der Waals surface area contributed by atoms with Crippen LogP contribution in [0, 0.1) is 0 Å². The second-order valence-corrected chi connectivity index (χ2v) is 6.49. The van der Waals surface area contributed by atoms with E-state index < -0.39 is 18.0 Å². The number of urea groups is 1. The van der Waals surface area contributed by atoms with E-state index in [-0.39, 0.29) is 12.5 Å². The number of imide groups is 1. The molecule has 0 radical (unpaired) electrons. The highest BCUT2D eigenvalue weighted by Gasteiger charge is 2.32. The van der Waals surface area contributed by atoms with Gasteiger partial charge in [-0.05, 0) is 44.5 Å². The third-order valence-corrected chi connectivity index (χ3v) is 4.34. The Bertz CT molecular complexity index is 669. The van der Waals surface area contributed by atoms with E-state index in [4.69, 9.17) is 23.2 Å². The molecule has 0 saturated carbocycles. The van der Waals surface area contributed by atoms with Crippen molar-refractivity contribution < 1.29 is 14.4 Å². The molecule has 9 heteroatoms. The minimum absolute atomic E-state index is 0.0242. The summed E-state index contributed by atoms with van der Waals surface area (Å²) in [5.41, 5.74) is 0.467. The molecule has 1 fully saturated rings. The predicted octanol–water partition coefficient (Wildman–Crippen LogP) is 2.24. The molecule has 0 bridgehead atoms. The van der Waals surface area contributed by atoms with Gasteiger partial charge >= 0.3 is 6.03 Å². The topological polar surface area (TPSA) is 90.5 Å². The minimum Gasteiger partial charge on any atom is -0.338 e. The summed E-state index contributed by atoms with van der Waals surface area (Å²) in [4.78, 5) is 37.6. The van der Waals surface area contributed by atoms with Gasteiger partial charge in [0.15, 0.2) is 0 Å². The molecular weight excluding hydrogens is 367 g/mol. The molecule has 1 aromatic carbocycles. The van der Waals surface area contributed by atoms with Crippen LogP contribution < -0.4 is 16.0 Å². The van der Waals surface area contributed by atoms with Gasteiger partial charge in [0.05, 0.1) is 23.3 Å². The van der Waals surface area contributed by atoms with Crippen molar-refractivity contribution in [2.75, 3.05) is 25.0 Å². The summed E-state index contributed by atoms with van der Waals surface area (Å²) >= 11 is 11.9. The number of benzene rings is 1. The molecule has 1 saturated heterocycles. The Morgan fingerprint density at radius 3 is 2.72 bits per heavy atom. The molecule has 25 heavy (non-hydrogen) atoms. The highest BCUT2D eigenvalue weighted by molar-refractivity contribution is 6.36. The Balaban J connectivity index is 1.94. The quantitative estimate of drug-likeness (QED) is 0.723. The Kier molecular flexibility index (Phi) is 7.04. The summed E-state index contributed by atoms with van der Waals surface area (Å²) in [6.07, 6.45) is 1.42. The van der Waals surface area contributed by atoms with Gasteiger partial charge in [0.2, 0.25) is 11.8 Å². The molecule has 0 aromatic heterocycles. The molecular formula is C16H20Cl2N4O3. The molecule has 0 aliphatic carbocycles. The molecule has 3 N–H and O–H groups in total. The van der Waals surface area contributed by atoms with Crippen LogP contribution in [0.2, 0.25) is 10.0 Å². The van der Waals surface area contributed by atoms with E-state index in [0.717, 1.165) is 6.42 Å². The van der Waals surface area contributed by atoms with Crippen molar-refractivity contribution in [1.82, 2.24) is 15.5 Å². The number of hydrogen-bond acceptors (Lipinski definition) is 4. The number of nitrogens with one attached hydrogen (secondary N) is 3. The summed E-state index contributed by atoms with van der Waals surface area (Å²) in [5, 5.41) is 8.31. The van der Waals surface area contributed by atoms with E-state index >= 15 is 0 Å². The fraction of sp³-hybridized carbons (Fsp3) is 0.438. The maximum Gasteiger partial charge on any atom is 0.321 e. The zero-order chi connectivity index (χ0) is 18.4. The Morgan fingerprint density at radius 1 is 1.28 bits per heavy atom. The minimum atomic E-state index is -0.541. The van der Waals surface area contributed by atoms with Crippen molar-refractivity contribution in [2.24, 2.45) is 0 Å². The van der Waals surface area contributed by atoms with Gasteiger partial charge < -0.3 is 10.6 Å². The number of nitrogens with zero attached hydrogens (tertiary/aromatic N) is 1. The van der Waals surface area contributed by atoms with E-state index in [1.807, 2.05) is 0 Å². The number of carbonyl (C=O) groups is 3. The first kappa shape index (κ1) is 19.5. The summed E-state index contributed by atoms with van der Waals surface area (Å²) in [6, 6.07) is 3.82. The van der Waals surface area contributed by atoms with Crippen molar-refractivity contribution in [2.45, 2.75) is 25.8 Å². The number of hydrogen-bond donors (Lipinski definition) is 3. The third-order valence-electron chi connectivity index (χ3n) is 3.79. The van der Waals surface area contributed by atoms with Crippen molar-refractivity contribution >= 4 is 46.7 Å². The average Bonchev–Trinajstić information content (AvgIpc) is 2.98. The molecule has 4 amide bonds. The zero-order valence-electron chi connectivity index (χ0n) is 13.8. The Hall–Kier alpha value is -1.83. The molecule has 1 aromatic rings. The molecule has 1 aliphatic heterocycles. The predicted molar refractivity (Wildman–Crippen MR) is 96.9 cm³/mol. The highest BCUT2D eigenvalue weighted by atomic mass is 35.5. The molecule has 7 nitrogen and oxygen atoms in total. The van der Waals surface area contributed by atoms with Crippen LogP contribution in [0.1, 0.15) is 19.8 Å². The maximum atomic E-state index is 12.5. The second kappa shape index (κ2) is 9.03. The number of rotatable bonds is 5. The summed E-state index contributed by atoms with van der Waals surface area (Å²) in [7, 11) is 0. The number of anilines is 1. The van der Waals surface area contributed by atoms with Crippen LogP contribution in [-0.2, 0) is 9.59 Å². The van der Waals surface area contributed by atoms with E-state index in [9.17, 15) is 14.4 Å². The molecule has 1 atom stereocenters. The SMILES string of the molecule is CCNC(=O)NC(=O)CN1CCCC1C(=O)Nc1ccc(Cl)cc1Cl. The van der Waals surface area contributed by atoms with Crippen LogP contribution in [0.4, 0.5) is 10.5 Å². The first-order chi connectivity index (χ1) is 11.9. The molecule has 1 heterocycles. The standard InChI is InChI=1S/C16H20Cl2N4O3/c1-2-19-16(25)21-14(23)9-22-7-3-4-13(22)15(24)20-12-6-5-10(17)8-11(12)18/h5-6,8,13H,2-4,7,9H2,1H3,(H,20,24)(H2,19,21,23,25). The lowest BCUT2D eigenvalue weighted by Gasteiger charge is -2.23. The van der Waals surface area contributed by atoms with Gasteiger partial charge in [-0.3, -0.25) is 19.8 Å². The lowest BCUT2D eigenvalue weighted by molar-refractivity contribution is -0.124. The smallest absolute Gasteiger partial charge is 0.321 e. The molecule has 2 rings (SSSR count). The zero-order valence-corrected chi connectivity index (χ0v) is 15.3. The normalized spacial score (nSPS) is 17.2. The van der Waals surface area contributed by atoms with Crippen LogP contribution in [0.3, 0.4) is 0 Å². The average molecular weight is 387 g/mol. The Labute approximate surface area is 156 Å². The van der Waals surface area contributed by atoms with E-state index in [1.165, 1.54) is 0 Å². The highest BCUT2D eigenvalue weighted by Crippen LogP contribution is 2.26. The number of likely N-dealkylation sites (tertiary alicyclic amines) is 1. The van der Waals surface area contributed by atoms with Gasteiger partial charge in [-0.15, -0.1) is 0 Å². The summed E-state index contributed by atoms with van der Waals surface area (Å²) in [5.74, 6) is -0.692. The first-order valence-electron chi connectivity index (χ1n) is 7.98. The molecule has 136 valence electrons. The van der Waals surface area contributed by atoms with Gasteiger partial charge in [-0.2, -0.15) is 0 Å². The van der Waals surface area contributed by atoms with Gasteiger partial charge in [0, 0.05) is 11.6 Å². The van der Waals surface area contributed by atoms with Crippen LogP contribution in [-0.4, -0.2) is 48.4 Å². The fourth-order valence-electron chi connectivity index (χ4n) is 2.67. The van der Waals surface area contributed by atoms with Crippen molar-refractivity contribution in [1.29, 1.82) is 0 Å². The van der Waals surface area contributed by atoms with E-state index in [2.05, 4.69) is 16.0 Å². The van der Waals surface area contributed by atoms with Crippen LogP contribution in [0.15, 0.2) is 18.2 Å². The monoisotopic (exact) mass is 386 g/mol. The van der Waals surface area contributed by atoms with Crippen molar-refractivity contribution in [3.63, 3.8) is 0 Å². The molecule has 0 spiro atoms. The fourth-order valence-corrected chi connectivity index (χ4v) is 3.13. The van der Waals surface area contributed by atoms with Crippen LogP contribution >= 0.6 is 23.2 Å².